The average molecular weight is 248 g/mol. The van der Waals surface area contributed by atoms with Gasteiger partial charge in [0.2, 0.25) is 0 Å². The van der Waals surface area contributed by atoms with Gasteiger partial charge in [-0.2, -0.15) is 0 Å². The fourth-order valence-electron chi connectivity index (χ4n) is 1.65. The lowest BCUT2D eigenvalue weighted by Gasteiger charge is -2.19. The highest BCUT2D eigenvalue weighted by Gasteiger charge is 2.03. The first kappa shape index (κ1) is 12.1. The molecule has 2 aromatic rings. The highest BCUT2D eigenvalue weighted by molar-refractivity contribution is 7.09. The van der Waals surface area contributed by atoms with Crippen LogP contribution in [0.3, 0.4) is 0 Å². The zero-order valence-electron chi connectivity index (χ0n) is 9.84. The van der Waals surface area contributed by atoms with Crippen molar-refractivity contribution in [3.8, 4) is 0 Å². The van der Waals surface area contributed by atoms with Gasteiger partial charge in [-0.05, 0) is 30.0 Å². The van der Waals surface area contributed by atoms with Gasteiger partial charge in [0.15, 0.2) is 0 Å². The Kier molecular flexibility index (Phi) is 4.12. The van der Waals surface area contributed by atoms with Gasteiger partial charge in [-0.15, -0.1) is 11.3 Å². The normalized spacial score (nSPS) is 10.5. The van der Waals surface area contributed by atoms with E-state index >= 15 is 0 Å². The van der Waals surface area contributed by atoms with Crippen LogP contribution in [-0.4, -0.2) is 23.7 Å². The van der Waals surface area contributed by atoms with Gasteiger partial charge in [0, 0.05) is 30.4 Å². The molecule has 0 aliphatic carbocycles. The number of hydrogen-bond donors (Lipinski definition) is 1. The quantitative estimate of drug-likeness (QED) is 0.882. The van der Waals surface area contributed by atoms with Crippen molar-refractivity contribution >= 4 is 17.0 Å². The molecule has 2 heterocycles. The minimum atomic E-state index is -0.00734. The third-order valence-corrected chi connectivity index (χ3v) is 3.61. The lowest BCUT2D eigenvalue weighted by molar-refractivity contribution is 0.277. The summed E-state index contributed by atoms with van der Waals surface area (Å²) >= 11 is 1.79. The third-order valence-electron chi connectivity index (χ3n) is 2.68. The molecule has 3 nitrogen and oxygen atoms in total. The minimum Gasteiger partial charge on any atom is -0.390 e. The highest BCUT2D eigenvalue weighted by Crippen LogP contribution is 2.15. The summed E-state index contributed by atoms with van der Waals surface area (Å²) < 4.78 is 0. The average Bonchev–Trinajstić information content (AvgIpc) is 2.89. The van der Waals surface area contributed by atoms with Crippen molar-refractivity contribution < 1.29 is 5.11 Å². The van der Waals surface area contributed by atoms with Crippen LogP contribution in [0, 0.1) is 0 Å². The molecule has 2 aromatic heterocycles. The second kappa shape index (κ2) is 5.80. The molecule has 17 heavy (non-hydrogen) atoms. The monoisotopic (exact) mass is 248 g/mol. The Morgan fingerprint density at radius 3 is 3.00 bits per heavy atom. The summed E-state index contributed by atoms with van der Waals surface area (Å²) in [5.41, 5.74) is 1.81. The molecule has 4 heteroatoms. The molecule has 0 aromatic carbocycles. The zero-order valence-corrected chi connectivity index (χ0v) is 10.7. The van der Waals surface area contributed by atoms with Crippen LogP contribution in [0.4, 0.5) is 5.69 Å². The maximum atomic E-state index is 9.04. The molecule has 2 rings (SSSR count). The van der Waals surface area contributed by atoms with E-state index in [0.717, 1.165) is 18.7 Å². The van der Waals surface area contributed by atoms with Crippen LogP contribution in [0.15, 0.2) is 35.8 Å². The van der Waals surface area contributed by atoms with Crippen molar-refractivity contribution in [1.29, 1.82) is 0 Å². The van der Waals surface area contributed by atoms with Crippen LogP contribution in [-0.2, 0) is 13.0 Å². The number of pyridine rings is 1. The standard InChI is InChI=1S/C13H16N2OS/c1-15(7-5-13-3-2-8-17-13)12-4-6-14-11(9-12)10-16/h2-4,6,8-9,16H,5,7,10H2,1H3. The molecule has 0 atom stereocenters. The summed E-state index contributed by atoms with van der Waals surface area (Å²) in [6.07, 6.45) is 2.79. The molecule has 0 saturated heterocycles. The largest absolute Gasteiger partial charge is 0.390 e. The lowest BCUT2D eigenvalue weighted by atomic mass is 10.2. The lowest BCUT2D eigenvalue weighted by Crippen LogP contribution is -2.20. The maximum absolute atomic E-state index is 9.04. The first-order valence-corrected chi connectivity index (χ1v) is 6.47. The molecular formula is C13H16N2OS. The van der Waals surface area contributed by atoms with Crippen LogP contribution in [0.5, 0.6) is 0 Å². The molecule has 0 saturated carbocycles. The molecule has 0 amide bonds. The Bertz CT molecular complexity index is 456. The topological polar surface area (TPSA) is 36.4 Å². The number of thiophene rings is 1. The predicted molar refractivity (Wildman–Crippen MR) is 71.5 cm³/mol. The Morgan fingerprint density at radius 1 is 1.41 bits per heavy atom. The fourth-order valence-corrected chi connectivity index (χ4v) is 2.35. The van der Waals surface area contributed by atoms with E-state index in [1.54, 1.807) is 17.5 Å². The molecule has 0 aliphatic heterocycles. The molecular weight excluding hydrogens is 232 g/mol. The van der Waals surface area contributed by atoms with E-state index in [1.165, 1.54) is 4.88 Å². The number of aromatic nitrogens is 1. The molecule has 0 fully saturated rings. The maximum Gasteiger partial charge on any atom is 0.0853 e. The minimum absolute atomic E-state index is 0.00734. The number of likely N-dealkylation sites (N-methyl/N-ethyl adjacent to an activating group) is 1. The summed E-state index contributed by atoms with van der Waals surface area (Å²) in [5, 5.41) is 11.1. The number of anilines is 1. The Balaban J connectivity index is 1.96. The van der Waals surface area contributed by atoms with E-state index in [-0.39, 0.29) is 6.61 Å². The number of aliphatic hydroxyl groups excluding tert-OH is 1. The molecule has 0 radical (unpaired) electrons. The van der Waals surface area contributed by atoms with E-state index in [4.69, 9.17) is 5.11 Å². The smallest absolute Gasteiger partial charge is 0.0853 e. The van der Waals surface area contributed by atoms with Gasteiger partial charge in [0.1, 0.15) is 0 Å². The van der Waals surface area contributed by atoms with Crippen molar-refractivity contribution in [3.05, 3.63) is 46.4 Å². The summed E-state index contributed by atoms with van der Waals surface area (Å²) in [6, 6.07) is 8.13. The fraction of sp³-hybridized carbons (Fsp3) is 0.308. The first-order chi connectivity index (χ1) is 8.29. The van der Waals surface area contributed by atoms with Crippen LogP contribution < -0.4 is 4.90 Å². The summed E-state index contributed by atoms with van der Waals surface area (Å²) in [5.74, 6) is 0. The second-order valence-corrected chi connectivity index (χ2v) is 4.95. The van der Waals surface area contributed by atoms with Gasteiger partial charge >= 0.3 is 0 Å². The predicted octanol–water partition coefficient (Wildman–Crippen LogP) is 2.31. The Labute approximate surface area is 105 Å². The Morgan fingerprint density at radius 2 is 2.29 bits per heavy atom. The van der Waals surface area contributed by atoms with E-state index in [2.05, 4.69) is 34.4 Å². The van der Waals surface area contributed by atoms with E-state index in [0.29, 0.717) is 5.69 Å². The van der Waals surface area contributed by atoms with E-state index in [9.17, 15) is 0 Å². The van der Waals surface area contributed by atoms with Gasteiger partial charge in [-0.3, -0.25) is 4.98 Å². The Hall–Kier alpha value is -1.39. The van der Waals surface area contributed by atoms with Crippen LogP contribution >= 0.6 is 11.3 Å². The van der Waals surface area contributed by atoms with Crippen molar-refractivity contribution in [2.75, 3.05) is 18.5 Å². The van der Waals surface area contributed by atoms with Crippen molar-refractivity contribution in [1.82, 2.24) is 4.98 Å². The zero-order chi connectivity index (χ0) is 12.1. The molecule has 0 aliphatic rings. The molecule has 90 valence electrons. The van der Waals surface area contributed by atoms with E-state index in [1.807, 2.05) is 12.1 Å². The first-order valence-electron chi connectivity index (χ1n) is 5.59. The summed E-state index contributed by atoms with van der Waals surface area (Å²) in [7, 11) is 2.06. The van der Waals surface area contributed by atoms with E-state index < -0.39 is 0 Å². The molecule has 0 spiro atoms. The molecule has 0 bridgehead atoms. The SMILES string of the molecule is CN(CCc1cccs1)c1ccnc(CO)c1. The molecule has 0 unspecified atom stereocenters. The third kappa shape index (κ3) is 3.28. The number of rotatable bonds is 5. The second-order valence-electron chi connectivity index (χ2n) is 3.91. The van der Waals surface area contributed by atoms with Crippen molar-refractivity contribution in [3.63, 3.8) is 0 Å². The number of hydrogen-bond acceptors (Lipinski definition) is 4. The number of aliphatic hydroxyl groups is 1. The van der Waals surface area contributed by atoms with Crippen LogP contribution in [0.1, 0.15) is 10.6 Å². The van der Waals surface area contributed by atoms with Crippen LogP contribution in [0.25, 0.3) is 0 Å². The number of nitrogens with zero attached hydrogens (tertiary/aromatic N) is 2. The summed E-state index contributed by atoms with van der Waals surface area (Å²) in [6.45, 7) is 0.960. The van der Waals surface area contributed by atoms with Gasteiger partial charge in [0.25, 0.3) is 0 Å². The van der Waals surface area contributed by atoms with Gasteiger partial charge in [-0.1, -0.05) is 6.07 Å². The molecule has 1 N–H and O–H groups in total. The van der Waals surface area contributed by atoms with Gasteiger partial charge in [0.05, 0.1) is 12.3 Å². The van der Waals surface area contributed by atoms with Gasteiger partial charge < -0.3 is 10.0 Å². The van der Waals surface area contributed by atoms with Crippen molar-refractivity contribution in [2.45, 2.75) is 13.0 Å². The van der Waals surface area contributed by atoms with Crippen molar-refractivity contribution in [2.24, 2.45) is 0 Å². The van der Waals surface area contributed by atoms with Crippen LogP contribution in [0.2, 0.25) is 0 Å². The van der Waals surface area contributed by atoms with Gasteiger partial charge in [-0.25, -0.2) is 0 Å². The summed E-state index contributed by atoms with van der Waals surface area (Å²) in [4.78, 5) is 7.65. The highest BCUT2D eigenvalue weighted by atomic mass is 32.1.